The van der Waals surface area contributed by atoms with Gasteiger partial charge in [-0.25, -0.2) is 4.79 Å². The Kier molecular flexibility index (Phi) is 8.38. The highest BCUT2D eigenvalue weighted by Gasteiger charge is 2.25. The average molecular weight is 427 g/mol. The van der Waals surface area contributed by atoms with Gasteiger partial charge in [0.1, 0.15) is 11.8 Å². The Balaban J connectivity index is 2.09. The molecule has 0 fully saturated rings. The van der Waals surface area contributed by atoms with Crippen LogP contribution in [0.3, 0.4) is 0 Å². The fourth-order valence-corrected chi connectivity index (χ4v) is 2.70. The fraction of sp³-hybridized carbons (Fsp3) is 0.238. The van der Waals surface area contributed by atoms with Crippen LogP contribution in [0.15, 0.2) is 53.6 Å². The molecule has 3 amide bonds. The molecule has 0 radical (unpaired) electrons. The third-order valence-corrected chi connectivity index (χ3v) is 4.40. The van der Waals surface area contributed by atoms with Gasteiger partial charge < -0.3 is 31.6 Å². The summed E-state index contributed by atoms with van der Waals surface area (Å²) < 4.78 is 5.19. The number of carboxylic acid groups (broad SMARTS) is 1. The predicted octanol–water partition coefficient (Wildman–Crippen LogP) is 1.48. The minimum Gasteiger partial charge on any atom is -0.497 e. The van der Waals surface area contributed by atoms with Crippen LogP contribution in [0.4, 0.5) is 10.5 Å². The van der Waals surface area contributed by atoms with Gasteiger partial charge in [0.15, 0.2) is 0 Å². The number of anilines is 1. The molecule has 0 spiro atoms. The third kappa shape index (κ3) is 7.03. The van der Waals surface area contributed by atoms with E-state index in [1.807, 2.05) is 0 Å². The van der Waals surface area contributed by atoms with Crippen molar-refractivity contribution in [3.05, 3.63) is 59.7 Å². The van der Waals surface area contributed by atoms with E-state index in [1.165, 1.54) is 20.2 Å². The lowest BCUT2D eigenvalue weighted by Gasteiger charge is -2.20. The molecule has 0 saturated heterocycles. The van der Waals surface area contributed by atoms with Gasteiger partial charge in [0.2, 0.25) is 5.91 Å². The lowest BCUT2D eigenvalue weighted by molar-refractivity contribution is -0.141. The summed E-state index contributed by atoms with van der Waals surface area (Å²) in [7, 11) is 1.50. The van der Waals surface area contributed by atoms with E-state index >= 15 is 0 Å². The summed E-state index contributed by atoms with van der Waals surface area (Å²) in [6.07, 6.45) is 1.47. The summed E-state index contributed by atoms with van der Waals surface area (Å²) in [5.74, 6) is 3.11. The van der Waals surface area contributed by atoms with Crippen LogP contribution >= 0.6 is 0 Å². The first-order valence-corrected chi connectivity index (χ1v) is 9.39. The van der Waals surface area contributed by atoms with Gasteiger partial charge in [-0.2, -0.15) is 5.10 Å². The summed E-state index contributed by atoms with van der Waals surface area (Å²) in [5, 5.41) is 20.2. The first-order chi connectivity index (χ1) is 14.8. The molecule has 0 aliphatic rings. The Morgan fingerprint density at radius 1 is 1.19 bits per heavy atom. The van der Waals surface area contributed by atoms with Crippen molar-refractivity contribution < 1.29 is 24.2 Å². The number of aliphatic carboxylic acids is 1. The van der Waals surface area contributed by atoms with Crippen LogP contribution in [-0.4, -0.2) is 48.9 Å². The Morgan fingerprint density at radius 3 is 2.52 bits per heavy atom. The molecule has 31 heavy (non-hydrogen) atoms. The maximum Gasteiger partial charge on any atom is 0.325 e. The molecule has 0 aromatic heterocycles. The van der Waals surface area contributed by atoms with Crippen molar-refractivity contribution in [2.75, 3.05) is 19.0 Å². The Labute approximate surface area is 179 Å². The Morgan fingerprint density at radius 2 is 1.90 bits per heavy atom. The standard InChI is InChI=1S/C21H25N5O5/c1-13(20(28)29)25-19(27)18(15-4-3-5-17(10-15)31-2)12-23-21(30)26-16-8-6-14(7-9-16)11-24-22/h3-11,13,18H,12,22H2,1-2H3,(H,25,27)(H,28,29)(H2,23,26,30). The Bertz CT molecular complexity index is 945. The van der Waals surface area contributed by atoms with Crippen LogP contribution in [0.25, 0.3) is 0 Å². The number of nitrogens with two attached hydrogens (primary N) is 1. The highest BCUT2D eigenvalue weighted by molar-refractivity contribution is 5.92. The van der Waals surface area contributed by atoms with Crippen LogP contribution in [0.2, 0.25) is 0 Å². The van der Waals surface area contributed by atoms with Crippen molar-refractivity contribution in [2.24, 2.45) is 10.9 Å². The molecule has 2 aromatic carbocycles. The summed E-state index contributed by atoms with van der Waals surface area (Å²) in [4.78, 5) is 36.1. The number of amides is 3. The zero-order valence-corrected chi connectivity index (χ0v) is 17.2. The SMILES string of the molecule is COc1cccc(C(CNC(=O)Nc2ccc(C=NN)cc2)C(=O)NC(C)C(=O)O)c1. The van der Waals surface area contributed by atoms with E-state index in [1.54, 1.807) is 48.5 Å². The van der Waals surface area contributed by atoms with Crippen LogP contribution in [0.5, 0.6) is 5.75 Å². The van der Waals surface area contributed by atoms with Gasteiger partial charge >= 0.3 is 12.0 Å². The van der Waals surface area contributed by atoms with E-state index in [4.69, 9.17) is 15.7 Å². The minimum atomic E-state index is -1.16. The number of nitrogens with one attached hydrogen (secondary N) is 3. The number of hydrazone groups is 1. The van der Waals surface area contributed by atoms with Gasteiger partial charge in [0, 0.05) is 12.2 Å². The quantitative estimate of drug-likeness (QED) is 0.232. The molecular formula is C21H25N5O5. The second kappa shape index (κ2) is 11.2. The summed E-state index contributed by atoms with van der Waals surface area (Å²) >= 11 is 0. The Hall–Kier alpha value is -4.08. The maximum absolute atomic E-state index is 12.7. The second-order valence-electron chi connectivity index (χ2n) is 6.63. The molecule has 164 valence electrons. The topological polar surface area (TPSA) is 155 Å². The number of hydrogen-bond donors (Lipinski definition) is 5. The van der Waals surface area contributed by atoms with Gasteiger partial charge in [-0.05, 0) is 42.3 Å². The van der Waals surface area contributed by atoms with Crippen LogP contribution < -0.4 is 26.5 Å². The van der Waals surface area contributed by atoms with Gasteiger partial charge in [-0.1, -0.05) is 24.3 Å². The number of carboxylic acids is 1. The zero-order valence-electron chi connectivity index (χ0n) is 17.2. The van der Waals surface area contributed by atoms with Crippen molar-refractivity contribution >= 4 is 29.8 Å². The number of hydrogen-bond acceptors (Lipinski definition) is 6. The van der Waals surface area contributed by atoms with E-state index in [-0.39, 0.29) is 6.54 Å². The molecule has 0 heterocycles. The number of nitrogens with zero attached hydrogens (tertiary/aromatic N) is 1. The zero-order chi connectivity index (χ0) is 22.8. The molecule has 6 N–H and O–H groups in total. The largest absolute Gasteiger partial charge is 0.497 e. The number of carbonyl (C=O) groups excluding carboxylic acids is 2. The number of urea groups is 1. The molecule has 2 unspecified atom stereocenters. The van der Waals surface area contributed by atoms with Crippen LogP contribution in [0, 0.1) is 0 Å². The van der Waals surface area contributed by atoms with Crippen molar-refractivity contribution in [1.29, 1.82) is 0 Å². The summed E-state index contributed by atoms with van der Waals surface area (Å²) in [6.45, 7) is 1.30. The molecule has 0 aliphatic heterocycles. The smallest absolute Gasteiger partial charge is 0.325 e. The van der Waals surface area contributed by atoms with Crippen LogP contribution in [0.1, 0.15) is 24.0 Å². The summed E-state index contributed by atoms with van der Waals surface area (Å²) in [5.41, 5.74) is 1.88. The van der Waals surface area contributed by atoms with Crippen molar-refractivity contribution in [1.82, 2.24) is 10.6 Å². The molecule has 2 atom stereocenters. The fourth-order valence-electron chi connectivity index (χ4n) is 2.70. The van der Waals surface area contributed by atoms with Gasteiger partial charge in [0.05, 0.1) is 19.2 Å². The predicted molar refractivity (Wildman–Crippen MR) is 116 cm³/mol. The number of rotatable bonds is 9. The number of ether oxygens (including phenoxy) is 1. The van der Waals surface area contributed by atoms with Gasteiger partial charge in [-0.15, -0.1) is 0 Å². The van der Waals surface area contributed by atoms with Gasteiger partial charge in [-0.3, -0.25) is 9.59 Å². The monoisotopic (exact) mass is 427 g/mol. The normalized spacial score (nSPS) is 12.6. The molecule has 2 aromatic rings. The molecular weight excluding hydrogens is 402 g/mol. The highest BCUT2D eigenvalue weighted by Crippen LogP contribution is 2.21. The molecule has 0 saturated carbocycles. The van der Waals surface area contributed by atoms with Gasteiger partial charge in [0.25, 0.3) is 0 Å². The lowest BCUT2D eigenvalue weighted by Crippen LogP contribution is -2.44. The highest BCUT2D eigenvalue weighted by atomic mass is 16.5. The lowest BCUT2D eigenvalue weighted by atomic mass is 9.97. The van der Waals surface area contributed by atoms with Crippen molar-refractivity contribution in [2.45, 2.75) is 18.9 Å². The van der Waals surface area contributed by atoms with Crippen molar-refractivity contribution in [3.8, 4) is 5.75 Å². The van der Waals surface area contributed by atoms with E-state index in [2.05, 4.69) is 21.1 Å². The summed E-state index contributed by atoms with van der Waals surface area (Å²) in [6, 6.07) is 12.0. The molecule has 10 heteroatoms. The molecule has 0 bridgehead atoms. The van der Waals surface area contributed by atoms with Crippen LogP contribution in [-0.2, 0) is 9.59 Å². The maximum atomic E-state index is 12.7. The molecule has 2 rings (SSSR count). The van der Waals surface area contributed by atoms with Crippen molar-refractivity contribution in [3.63, 3.8) is 0 Å². The van der Waals surface area contributed by atoms with E-state index in [9.17, 15) is 14.4 Å². The number of methoxy groups -OCH3 is 1. The second-order valence-corrected chi connectivity index (χ2v) is 6.63. The first-order valence-electron chi connectivity index (χ1n) is 9.39. The number of carbonyl (C=O) groups is 3. The van der Waals surface area contributed by atoms with E-state index in [0.717, 1.165) is 5.56 Å². The van der Waals surface area contributed by atoms with E-state index < -0.39 is 29.9 Å². The first kappa shape index (κ1) is 23.2. The molecule has 10 nitrogen and oxygen atoms in total. The minimum absolute atomic E-state index is 0.0604. The molecule has 0 aliphatic carbocycles. The average Bonchev–Trinajstić information content (AvgIpc) is 2.75. The third-order valence-electron chi connectivity index (χ3n) is 4.40. The van der Waals surface area contributed by atoms with E-state index in [0.29, 0.717) is 17.0 Å². The number of benzene rings is 2.